The third-order valence-corrected chi connectivity index (χ3v) is 4.03. The van der Waals surface area contributed by atoms with Gasteiger partial charge in [0.05, 0.1) is 0 Å². The molecule has 0 aromatic heterocycles. The second-order valence-electron chi connectivity index (χ2n) is 6.17. The fourth-order valence-electron chi connectivity index (χ4n) is 2.69. The first-order valence-corrected chi connectivity index (χ1v) is 8.79. The van der Waals surface area contributed by atoms with Gasteiger partial charge in [0, 0.05) is 12.3 Å². The van der Waals surface area contributed by atoms with E-state index in [1.165, 1.54) is 0 Å². The highest BCUT2D eigenvalue weighted by Crippen LogP contribution is 2.22. The lowest BCUT2D eigenvalue weighted by Gasteiger charge is -2.27. The summed E-state index contributed by atoms with van der Waals surface area (Å²) in [5, 5.41) is 2.93. The van der Waals surface area contributed by atoms with E-state index in [1.807, 2.05) is 75.4 Å². The number of hydrogen-bond donors (Lipinski definition) is 1. The van der Waals surface area contributed by atoms with Gasteiger partial charge in [-0.2, -0.15) is 0 Å². The normalized spacial score (nSPS) is 13.1. The van der Waals surface area contributed by atoms with Crippen molar-refractivity contribution in [3.63, 3.8) is 0 Å². The number of benzene rings is 2. The Bertz CT molecular complexity index is 647. The van der Waals surface area contributed by atoms with E-state index in [1.54, 1.807) is 0 Å². The van der Waals surface area contributed by atoms with Crippen LogP contribution in [0.15, 0.2) is 54.6 Å². The Morgan fingerprint density at radius 2 is 1.72 bits per heavy atom. The van der Waals surface area contributed by atoms with Crippen LogP contribution < -0.4 is 10.1 Å². The molecule has 2 aromatic rings. The van der Waals surface area contributed by atoms with Crippen LogP contribution in [0.25, 0.3) is 0 Å². The molecule has 1 unspecified atom stereocenters. The summed E-state index contributed by atoms with van der Waals surface area (Å²) in [6.45, 7) is 6.82. The first kappa shape index (κ1) is 19.0. The Hall–Kier alpha value is -2.33. The fourth-order valence-corrected chi connectivity index (χ4v) is 2.69. The molecule has 4 heteroatoms. The molecule has 2 rings (SSSR count). The lowest BCUT2D eigenvalue weighted by Crippen LogP contribution is -2.42. The number of hydrogen-bond acceptors (Lipinski definition) is 3. The van der Waals surface area contributed by atoms with Gasteiger partial charge < -0.3 is 14.8 Å². The number of nitrogens with one attached hydrogen (secondary N) is 1. The Balaban J connectivity index is 1.94. The minimum Gasteiger partial charge on any atom is -0.489 e. The van der Waals surface area contributed by atoms with Crippen LogP contribution in [0.2, 0.25) is 0 Å². The van der Waals surface area contributed by atoms with E-state index in [2.05, 4.69) is 5.32 Å². The SMILES string of the molecule is CCCC(C)(OCC)C(=O)Nc1ccc(OCc2ccccc2)cc1. The van der Waals surface area contributed by atoms with Gasteiger partial charge in [-0.15, -0.1) is 0 Å². The summed E-state index contributed by atoms with van der Waals surface area (Å²) in [7, 11) is 0. The molecule has 0 aliphatic carbocycles. The van der Waals surface area contributed by atoms with Crippen molar-refractivity contribution in [3.05, 3.63) is 60.2 Å². The second kappa shape index (κ2) is 9.23. The van der Waals surface area contributed by atoms with Crippen molar-refractivity contribution < 1.29 is 14.3 Å². The number of amides is 1. The summed E-state index contributed by atoms with van der Waals surface area (Å²) >= 11 is 0. The van der Waals surface area contributed by atoms with Gasteiger partial charge in [-0.25, -0.2) is 0 Å². The van der Waals surface area contributed by atoms with Crippen LogP contribution >= 0.6 is 0 Å². The summed E-state index contributed by atoms with van der Waals surface area (Å²) < 4.78 is 11.4. The summed E-state index contributed by atoms with van der Waals surface area (Å²) in [5.74, 6) is 0.650. The highest BCUT2D eigenvalue weighted by molar-refractivity contribution is 5.97. The van der Waals surface area contributed by atoms with Crippen LogP contribution in [-0.4, -0.2) is 18.1 Å². The molecule has 1 N–H and O–H groups in total. The molecule has 0 bridgehead atoms. The zero-order valence-corrected chi connectivity index (χ0v) is 15.2. The van der Waals surface area contributed by atoms with Crippen LogP contribution in [-0.2, 0) is 16.1 Å². The van der Waals surface area contributed by atoms with E-state index in [0.29, 0.717) is 19.6 Å². The number of rotatable bonds is 9. The molecule has 2 aromatic carbocycles. The summed E-state index contributed by atoms with van der Waals surface area (Å²) in [6, 6.07) is 17.4. The number of carbonyl (C=O) groups excluding carboxylic acids is 1. The van der Waals surface area contributed by atoms with Crippen LogP contribution in [0.5, 0.6) is 5.75 Å². The van der Waals surface area contributed by atoms with E-state index in [4.69, 9.17) is 9.47 Å². The molecule has 1 amide bonds. The van der Waals surface area contributed by atoms with Crippen LogP contribution in [0, 0.1) is 0 Å². The Morgan fingerprint density at radius 1 is 1.04 bits per heavy atom. The maximum atomic E-state index is 12.5. The smallest absolute Gasteiger partial charge is 0.256 e. The first-order valence-electron chi connectivity index (χ1n) is 8.79. The molecule has 1 atom stereocenters. The molecule has 25 heavy (non-hydrogen) atoms. The maximum absolute atomic E-state index is 12.5. The predicted octanol–water partition coefficient (Wildman–Crippen LogP) is 4.80. The summed E-state index contributed by atoms with van der Waals surface area (Å²) in [4.78, 5) is 12.5. The van der Waals surface area contributed by atoms with Crippen molar-refractivity contribution in [2.24, 2.45) is 0 Å². The van der Waals surface area contributed by atoms with Gasteiger partial charge >= 0.3 is 0 Å². The quantitative estimate of drug-likeness (QED) is 0.713. The van der Waals surface area contributed by atoms with Crippen molar-refractivity contribution in [2.45, 2.75) is 45.8 Å². The molecule has 0 spiro atoms. The largest absolute Gasteiger partial charge is 0.489 e. The average Bonchev–Trinajstić information content (AvgIpc) is 2.62. The zero-order chi connectivity index (χ0) is 18.1. The molecule has 134 valence electrons. The van der Waals surface area contributed by atoms with E-state index in [-0.39, 0.29) is 5.91 Å². The van der Waals surface area contributed by atoms with Crippen LogP contribution in [0.1, 0.15) is 39.2 Å². The first-order chi connectivity index (χ1) is 12.1. The molecule has 0 aliphatic heterocycles. The topological polar surface area (TPSA) is 47.6 Å². The van der Waals surface area contributed by atoms with Gasteiger partial charge in [0.15, 0.2) is 0 Å². The van der Waals surface area contributed by atoms with Crippen LogP contribution in [0.3, 0.4) is 0 Å². The third-order valence-electron chi connectivity index (χ3n) is 4.03. The van der Waals surface area contributed by atoms with Gasteiger partial charge in [0.1, 0.15) is 18.0 Å². The molecule has 4 nitrogen and oxygen atoms in total. The number of ether oxygens (including phenoxy) is 2. The van der Waals surface area contributed by atoms with Crippen molar-refractivity contribution in [1.82, 2.24) is 0 Å². The lowest BCUT2D eigenvalue weighted by molar-refractivity contribution is -0.139. The Labute approximate surface area is 150 Å². The highest BCUT2D eigenvalue weighted by atomic mass is 16.5. The van der Waals surface area contributed by atoms with Gasteiger partial charge in [-0.05, 0) is 50.1 Å². The number of anilines is 1. The van der Waals surface area contributed by atoms with Crippen molar-refractivity contribution in [1.29, 1.82) is 0 Å². The Morgan fingerprint density at radius 3 is 2.32 bits per heavy atom. The maximum Gasteiger partial charge on any atom is 0.256 e. The highest BCUT2D eigenvalue weighted by Gasteiger charge is 2.32. The summed E-state index contributed by atoms with van der Waals surface area (Å²) in [6.07, 6.45) is 1.57. The monoisotopic (exact) mass is 341 g/mol. The summed E-state index contributed by atoms with van der Waals surface area (Å²) in [5.41, 5.74) is 1.05. The predicted molar refractivity (Wildman–Crippen MR) is 101 cm³/mol. The van der Waals surface area contributed by atoms with Gasteiger partial charge in [-0.3, -0.25) is 4.79 Å². The van der Waals surface area contributed by atoms with Gasteiger partial charge in [0.2, 0.25) is 0 Å². The molecule has 0 heterocycles. The van der Waals surface area contributed by atoms with Gasteiger partial charge in [0.25, 0.3) is 5.91 Å². The van der Waals surface area contributed by atoms with Crippen LogP contribution in [0.4, 0.5) is 5.69 Å². The zero-order valence-electron chi connectivity index (χ0n) is 15.2. The molecule has 0 aliphatic rings. The Kier molecular flexibility index (Phi) is 7.02. The third kappa shape index (κ3) is 5.61. The molecular weight excluding hydrogens is 314 g/mol. The van der Waals surface area contributed by atoms with E-state index in [0.717, 1.165) is 23.4 Å². The minimum absolute atomic E-state index is 0.117. The lowest BCUT2D eigenvalue weighted by atomic mass is 9.99. The number of carbonyl (C=O) groups is 1. The average molecular weight is 341 g/mol. The van der Waals surface area contributed by atoms with E-state index in [9.17, 15) is 4.79 Å². The van der Waals surface area contributed by atoms with E-state index < -0.39 is 5.60 Å². The molecule has 0 saturated carbocycles. The fraction of sp³-hybridized carbons (Fsp3) is 0.381. The van der Waals surface area contributed by atoms with E-state index >= 15 is 0 Å². The van der Waals surface area contributed by atoms with Crippen molar-refractivity contribution in [2.75, 3.05) is 11.9 Å². The van der Waals surface area contributed by atoms with Gasteiger partial charge in [-0.1, -0.05) is 43.7 Å². The molecule has 0 saturated heterocycles. The minimum atomic E-state index is -0.800. The standard InChI is InChI=1S/C21H27NO3/c1-4-15-21(3,25-5-2)20(23)22-18-11-13-19(14-12-18)24-16-17-9-7-6-8-10-17/h6-14H,4-5,15-16H2,1-3H3,(H,22,23). The second-order valence-corrected chi connectivity index (χ2v) is 6.17. The molecule has 0 fully saturated rings. The van der Waals surface area contributed by atoms with Crippen molar-refractivity contribution >= 4 is 11.6 Å². The van der Waals surface area contributed by atoms with Crippen molar-refractivity contribution in [3.8, 4) is 5.75 Å². The molecular formula is C21H27NO3. The molecule has 0 radical (unpaired) electrons.